The van der Waals surface area contributed by atoms with Crippen LogP contribution in [0.4, 0.5) is 0 Å². The van der Waals surface area contributed by atoms with E-state index in [1.165, 1.54) is 6.92 Å². The molecule has 0 unspecified atom stereocenters. The first-order chi connectivity index (χ1) is 9.49. The smallest absolute Gasteiger partial charge is 0.343 e. The molecule has 0 atom stereocenters. The number of ether oxygens (including phenoxy) is 1. The number of ketones is 1. The van der Waals surface area contributed by atoms with Crippen molar-refractivity contribution in [1.29, 1.82) is 0 Å². The molecule has 0 aliphatic heterocycles. The van der Waals surface area contributed by atoms with E-state index in [1.807, 2.05) is 13.0 Å². The van der Waals surface area contributed by atoms with Gasteiger partial charge in [0.05, 0.1) is 11.1 Å². The van der Waals surface area contributed by atoms with Gasteiger partial charge in [0.2, 0.25) is 0 Å². The van der Waals surface area contributed by atoms with Gasteiger partial charge in [0, 0.05) is 4.47 Å². The van der Waals surface area contributed by atoms with Crippen molar-refractivity contribution in [3.63, 3.8) is 0 Å². The molecule has 0 saturated carbocycles. The van der Waals surface area contributed by atoms with E-state index in [2.05, 4.69) is 15.9 Å². The molecule has 20 heavy (non-hydrogen) atoms. The van der Waals surface area contributed by atoms with Crippen molar-refractivity contribution in [3.8, 4) is 5.75 Å². The summed E-state index contributed by atoms with van der Waals surface area (Å²) in [6, 6.07) is 11.9. The third-order valence-corrected chi connectivity index (χ3v) is 3.73. The Labute approximate surface area is 125 Å². The zero-order valence-electron chi connectivity index (χ0n) is 11.1. The van der Waals surface area contributed by atoms with E-state index < -0.39 is 5.97 Å². The van der Waals surface area contributed by atoms with E-state index in [0.29, 0.717) is 11.1 Å². The summed E-state index contributed by atoms with van der Waals surface area (Å²) in [6.45, 7) is 3.37. The van der Waals surface area contributed by atoms with E-state index in [0.717, 1.165) is 10.0 Å². The molecule has 0 aliphatic carbocycles. The number of benzene rings is 2. The first kappa shape index (κ1) is 14.5. The molecule has 0 aromatic heterocycles. The standard InChI is InChI=1S/C16H13BrO3/c1-10-7-8-12(9-14(10)17)16(19)20-15-6-4-3-5-13(15)11(2)18/h3-9H,1-2H3. The van der Waals surface area contributed by atoms with E-state index in [1.54, 1.807) is 36.4 Å². The van der Waals surface area contributed by atoms with Crippen LogP contribution in [-0.4, -0.2) is 11.8 Å². The van der Waals surface area contributed by atoms with Crippen LogP contribution in [0, 0.1) is 6.92 Å². The van der Waals surface area contributed by atoms with E-state index in [9.17, 15) is 9.59 Å². The number of halogens is 1. The predicted molar refractivity (Wildman–Crippen MR) is 80.3 cm³/mol. The Balaban J connectivity index is 2.28. The molecule has 4 heteroatoms. The van der Waals surface area contributed by atoms with Crippen molar-refractivity contribution >= 4 is 27.7 Å². The Hall–Kier alpha value is -1.94. The molecule has 0 radical (unpaired) electrons. The van der Waals surface area contributed by atoms with E-state index >= 15 is 0 Å². The van der Waals surface area contributed by atoms with Gasteiger partial charge >= 0.3 is 5.97 Å². The summed E-state index contributed by atoms with van der Waals surface area (Å²) in [5.74, 6) is -0.348. The highest BCUT2D eigenvalue weighted by molar-refractivity contribution is 9.10. The second kappa shape index (κ2) is 6.01. The number of hydrogen-bond donors (Lipinski definition) is 0. The molecule has 0 N–H and O–H groups in total. The minimum Gasteiger partial charge on any atom is -0.422 e. The highest BCUT2D eigenvalue weighted by Crippen LogP contribution is 2.22. The van der Waals surface area contributed by atoms with Gasteiger partial charge < -0.3 is 4.74 Å². The van der Waals surface area contributed by atoms with Gasteiger partial charge in [0.15, 0.2) is 5.78 Å². The fourth-order valence-electron chi connectivity index (χ4n) is 1.73. The van der Waals surface area contributed by atoms with Gasteiger partial charge in [0.1, 0.15) is 5.75 Å². The molecule has 0 aliphatic rings. The molecule has 0 fully saturated rings. The second-order valence-corrected chi connectivity index (χ2v) is 5.26. The minimum atomic E-state index is -0.487. The molecule has 2 aromatic rings. The quantitative estimate of drug-likeness (QED) is 0.481. The van der Waals surface area contributed by atoms with E-state index in [-0.39, 0.29) is 11.5 Å². The lowest BCUT2D eigenvalue weighted by atomic mass is 10.1. The zero-order valence-corrected chi connectivity index (χ0v) is 12.7. The van der Waals surface area contributed by atoms with Crippen molar-refractivity contribution in [2.24, 2.45) is 0 Å². The number of carbonyl (C=O) groups is 2. The molecule has 3 nitrogen and oxygen atoms in total. The monoisotopic (exact) mass is 332 g/mol. The summed E-state index contributed by atoms with van der Waals surface area (Å²) in [7, 11) is 0. The van der Waals surface area contributed by atoms with Crippen LogP contribution in [0.3, 0.4) is 0 Å². The maximum absolute atomic E-state index is 12.1. The van der Waals surface area contributed by atoms with Crippen molar-refractivity contribution < 1.29 is 14.3 Å². The molecule has 2 rings (SSSR count). The minimum absolute atomic E-state index is 0.140. The number of para-hydroxylation sites is 1. The van der Waals surface area contributed by atoms with Crippen molar-refractivity contribution in [2.45, 2.75) is 13.8 Å². The third kappa shape index (κ3) is 3.14. The summed E-state index contributed by atoms with van der Waals surface area (Å²) in [5.41, 5.74) is 1.86. The number of Topliss-reactive ketones (excluding diaryl/α,β-unsaturated/α-hetero) is 1. The lowest BCUT2D eigenvalue weighted by Gasteiger charge is -2.08. The maximum atomic E-state index is 12.1. The zero-order chi connectivity index (χ0) is 14.7. The lowest BCUT2D eigenvalue weighted by Crippen LogP contribution is -2.11. The molecular weight excluding hydrogens is 320 g/mol. The maximum Gasteiger partial charge on any atom is 0.343 e. The molecular formula is C16H13BrO3. The highest BCUT2D eigenvalue weighted by Gasteiger charge is 2.14. The Morgan fingerprint density at radius 1 is 1.10 bits per heavy atom. The average Bonchev–Trinajstić information content (AvgIpc) is 2.42. The molecule has 0 bridgehead atoms. The number of hydrogen-bond acceptors (Lipinski definition) is 3. The molecule has 0 saturated heterocycles. The van der Waals surface area contributed by atoms with Gasteiger partial charge in [0.25, 0.3) is 0 Å². The summed E-state index contributed by atoms with van der Waals surface area (Å²) < 4.78 is 6.15. The van der Waals surface area contributed by atoms with Crippen molar-refractivity contribution in [3.05, 3.63) is 63.6 Å². The first-order valence-corrected chi connectivity index (χ1v) is 6.86. The van der Waals surface area contributed by atoms with Gasteiger partial charge in [-0.2, -0.15) is 0 Å². The number of carbonyl (C=O) groups excluding carboxylic acids is 2. The third-order valence-electron chi connectivity index (χ3n) is 2.88. The van der Waals surface area contributed by atoms with E-state index in [4.69, 9.17) is 4.74 Å². The fourth-order valence-corrected chi connectivity index (χ4v) is 2.10. The van der Waals surface area contributed by atoms with Crippen LogP contribution >= 0.6 is 15.9 Å². The Bertz CT molecular complexity index is 677. The Morgan fingerprint density at radius 3 is 2.45 bits per heavy atom. The Kier molecular flexibility index (Phi) is 4.35. The van der Waals surface area contributed by atoms with Gasteiger partial charge in [-0.25, -0.2) is 4.79 Å². The molecule has 0 amide bonds. The summed E-state index contributed by atoms with van der Waals surface area (Å²) >= 11 is 3.38. The average molecular weight is 333 g/mol. The summed E-state index contributed by atoms with van der Waals surface area (Å²) in [6.07, 6.45) is 0. The number of esters is 1. The lowest BCUT2D eigenvalue weighted by molar-refractivity contribution is 0.0733. The van der Waals surface area contributed by atoms with Crippen LogP contribution in [0.5, 0.6) is 5.75 Å². The van der Waals surface area contributed by atoms with Crippen LogP contribution in [0.1, 0.15) is 33.2 Å². The predicted octanol–water partition coefficient (Wildman–Crippen LogP) is 4.18. The highest BCUT2D eigenvalue weighted by atomic mass is 79.9. The van der Waals surface area contributed by atoms with Gasteiger partial charge in [-0.05, 0) is 43.7 Å². The van der Waals surface area contributed by atoms with Crippen LogP contribution in [0.15, 0.2) is 46.9 Å². The fraction of sp³-hybridized carbons (Fsp3) is 0.125. The normalized spacial score (nSPS) is 10.2. The molecule has 102 valence electrons. The molecule has 0 spiro atoms. The van der Waals surface area contributed by atoms with Crippen LogP contribution < -0.4 is 4.74 Å². The largest absolute Gasteiger partial charge is 0.422 e. The first-order valence-electron chi connectivity index (χ1n) is 6.07. The van der Waals surface area contributed by atoms with Crippen molar-refractivity contribution in [2.75, 3.05) is 0 Å². The van der Waals surface area contributed by atoms with Gasteiger partial charge in [-0.15, -0.1) is 0 Å². The van der Waals surface area contributed by atoms with Gasteiger partial charge in [-0.3, -0.25) is 4.79 Å². The topological polar surface area (TPSA) is 43.4 Å². The molecule has 2 aromatic carbocycles. The van der Waals surface area contributed by atoms with Crippen molar-refractivity contribution in [1.82, 2.24) is 0 Å². The second-order valence-electron chi connectivity index (χ2n) is 4.41. The summed E-state index contributed by atoms with van der Waals surface area (Å²) in [5, 5.41) is 0. The summed E-state index contributed by atoms with van der Waals surface area (Å²) in [4.78, 5) is 23.6. The van der Waals surface area contributed by atoms with Crippen LogP contribution in [-0.2, 0) is 0 Å². The van der Waals surface area contributed by atoms with Crippen LogP contribution in [0.2, 0.25) is 0 Å². The van der Waals surface area contributed by atoms with Gasteiger partial charge in [-0.1, -0.05) is 34.1 Å². The number of rotatable bonds is 3. The SMILES string of the molecule is CC(=O)c1ccccc1OC(=O)c1ccc(C)c(Br)c1. The van der Waals surface area contributed by atoms with Crippen LogP contribution in [0.25, 0.3) is 0 Å². The molecule has 0 heterocycles. The number of aryl methyl sites for hydroxylation is 1. The Morgan fingerprint density at radius 2 is 1.80 bits per heavy atom.